The molecule has 150 valence electrons. The molecule has 28 heavy (non-hydrogen) atoms. The second kappa shape index (κ2) is 9.80. The van der Waals surface area contributed by atoms with Crippen molar-refractivity contribution in [3.8, 4) is 5.75 Å². The topological polar surface area (TPSA) is 42.0 Å². The Bertz CT molecular complexity index is 774. The Kier molecular flexibility index (Phi) is 7.18. The van der Waals surface area contributed by atoms with Gasteiger partial charge in [-0.15, -0.1) is 0 Å². The molecule has 1 fully saturated rings. The molecule has 5 nitrogen and oxygen atoms in total. The summed E-state index contributed by atoms with van der Waals surface area (Å²) in [5.41, 5.74) is 2.21. The number of para-hydroxylation sites is 1. The van der Waals surface area contributed by atoms with E-state index in [2.05, 4.69) is 29.2 Å². The van der Waals surface area contributed by atoms with Gasteiger partial charge >= 0.3 is 0 Å². The third-order valence-corrected chi connectivity index (χ3v) is 5.13. The van der Waals surface area contributed by atoms with Gasteiger partial charge in [0, 0.05) is 39.5 Å². The molecule has 0 radical (unpaired) electrons. The van der Waals surface area contributed by atoms with Crippen LogP contribution in [0.4, 0.5) is 5.69 Å². The lowest BCUT2D eigenvalue weighted by atomic mass is 10.1. The van der Waals surface area contributed by atoms with Crippen LogP contribution >= 0.6 is 11.6 Å². The van der Waals surface area contributed by atoms with E-state index in [4.69, 9.17) is 21.1 Å². The van der Waals surface area contributed by atoms with Crippen molar-refractivity contribution in [2.45, 2.75) is 25.5 Å². The molecule has 0 bridgehead atoms. The van der Waals surface area contributed by atoms with E-state index in [1.54, 1.807) is 12.1 Å². The first-order chi connectivity index (χ1) is 13.5. The van der Waals surface area contributed by atoms with Gasteiger partial charge in [0.05, 0.1) is 11.1 Å². The lowest BCUT2D eigenvalue weighted by molar-refractivity contribution is -0.135. The van der Waals surface area contributed by atoms with Crippen molar-refractivity contribution in [1.29, 1.82) is 0 Å². The van der Waals surface area contributed by atoms with Crippen molar-refractivity contribution < 1.29 is 14.3 Å². The molecule has 2 aromatic carbocycles. The Morgan fingerprint density at radius 1 is 1.18 bits per heavy atom. The molecular formula is C22H27ClN2O3. The SMILES string of the molecule is CN(C)c1ccc(CN(CC2CCCO2)C(=O)COc2ccccc2Cl)cc1. The average Bonchev–Trinajstić information content (AvgIpc) is 3.20. The van der Waals surface area contributed by atoms with Gasteiger partial charge in [0.15, 0.2) is 6.61 Å². The van der Waals surface area contributed by atoms with E-state index in [1.807, 2.05) is 31.1 Å². The summed E-state index contributed by atoms with van der Waals surface area (Å²) in [4.78, 5) is 16.8. The Labute approximate surface area is 171 Å². The van der Waals surface area contributed by atoms with Gasteiger partial charge in [0.1, 0.15) is 5.75 Å². The summed E-state index contributed by atoms with van der Waals surface area (Å²) in [6.45, 7) is 1.81. The maximum Gasteiger partial charge on any atom is 0.260 e. The lowest BCUT2D eigenvalue weighted by Crippen LogP contribution is -2.39. The van der Waals surface area contributed by atoms with Crippen LogP contribution < -0.4 is 9.64 Å². The van der Waals surface area contributed by atoms with Crippen LogP contribution in [0.2, 0.25) is 5.02 Å². The zero-order chi connectivity index (χ0) is 19.9. The first-order valence-electron chi connectivity index (χ1n) is 9.56. The molecule has 1 aliphatic heterocycles. The molecule has 1 aliphatic rings. The van der Waals surface area contributed by atoms with Crippen molar-refractivity contribution in [3.63, 3.8) is 0 Å². The van der Waals surface area contributed by atoms with Crippen LogP contribution in [0.3, 0.4) is 0 Å². The number of hydrogen-bond donors (Lipinski definition) is 0. The lowest BCUT2D eigenvalue weighted by Gasteiger charge is -2.26. The maximum atomic E-state index is 12.9. The van der Waals surface area contributed by atoms with Gasteiger partial charge in [-0.1, -0.05) is 35.9 Å². The van der Waals surface area contributed by atoms with Gasteiger partial charge < -0.3 is 19.3 Å². The largest absolute Gasteiger partial charge is 0.482 e. The predicted molar refractivity (Wildman–Crippen MR) is 112 cm³/mol. The number of anilines is 1. The summed E-state index contributed by atoms with van der Waals surface area (Å²) in [5.74, 6) is 0.442. The molecule has 1 atom stereocenters. The molecule has 0 saturated carbocycles. The third-order valence-electron chi connectivity index (χ3n) is 4.81. The number of nitrogens with zero attached hydrogens (tertiary/aromatic N) is 2. The van der Waals surface area contributed by atoms with Crippen molar-refractivity contribution >= 4 is 23.2 Å². The van der Waals surface area contributed by atoms with E-state index in [-0.39, 0.29) is 18.6 Å². The number of benzene rings is 2. The zero-order valence-electron chi connectivity index (χ0n) is 16.4. The first-order valence-corrected chi connectivity index (χ1v) is 9.93. The van der Waals surface area contributed by atoms with Crippen LogP contribution in [0.5, 0.6) is 5.75 Å². The molecule has 0 aliphatic carbocycles. The molecule has 1 heterocycles. The standard InChI is InChI=1S/C22H27ClN2O3/c1-24(2)18-11-9-17(10-12-18)14-25(15-19-6-5-13-27-19)22(26)16-28-21-8-4-3-7-20(21)23/h3-4,7-12,19H,5-6,13-16H2,1-2H3. The van der Waals surface area contributed by atoms with Crippen molar-refractivity contribution in [3.05, 3.63) is 59.1 Å². The van der Waals surface area contributed by atoms with Crippen molar-refractivity contribution in [2.75, 3.05) is 38.8 Å². The second-order valence-electron chi connectivity index (χ2n) is 7.19. The number of ether oxygens (including phenoxy) is 2. The molecule has 0 aromatic heterocycles. The van der Waals surface area contributed by atoms with Crippen LogP contribution in [0.1, 0.15) is 18.4 Å². The Morgan fingerprint density at radius 2 is 1.93 bits per heavy atom. The summed E-state index contributed by atoms with van der Waals surface area (Å²) in [6.07, 6.45) is 2.11. The van der Waals surface area contributed by atoms with Crippen LogP contribution in [-0.2, 0) is 16.1 Å². The fourth-order valence-electron chi connectivity index (χ4n) is 3.20. The molecule has 1 saturated heterocycles. The van der Waals surface area contributed by atoms with Crippen LogP contribution in [0.25, 0.3) is 0 Å². The number of rotatable bonds is 8. The fraction of sp³-hybridized carbons (Fsp3) is 0.409. The highest BCUT2D eigenvalue weighted by Crippen LogP contribution is 2.23. The third kappa shape index (κ3) is 5.63. The number of carbonyl (C=O) groups excluding carboxylic acids is 1. The average molecular weight is 403 g/mol. The molecule has 1 unspecified atom stereocenters. The van der Waals surface area contributed by atoms with Crippen LogP contribution in [0.15, 0.2) is 48.5 Å². The first kappa shape index (κ1) is 20.5. The number of amides is 1. The van der Waals surface area contributed by atoms with E-state index >= 15 is 0 Å². The van der Waals surface area contributed by atoms with Gasteiger partial charge in [-0.2, -0.15) is 0 Å². The number of halogens is 1. The normalized spacial score (nSPS) is 16.0. The van der Waals surface area contributed by atoms with Crippen molar-refractivity contribution in [2.24, 2.45) is 0 Å². The summed E-state index contributed by atoms with van der Waals surface area (Å²) in [5, 5.41) is 0.500. The monoisotopic (exact) mass is 402 g/mol. The maximum absolute atomic E-state index is 12.9. The molecule has 2 aromatic rings. The van der Waals surface area contributed by atoms with Crippen LogP contribution in [-0.4, -0.2) is 50.8 Å². The smallest absolute Gasteiger partial charge is 0.260 e. The van der Waals surface area contributed by atoms with Gasteiger partial charge in [0.2, 0.25) is 0 Å². The van der Waals surface area contributed by atoms with Crippen molar-refractivity contribution in [1.82, 2.24) is 4.90 Å². The summed E-state index contributed by atoms with van der Waals surface area (Å²) in [6, 6.07) is 15.4. The molecule has 3 rings (SSSR count). The van der Waals surface area contributed by atoms with Gasteiger partial charge in [-0.05, 0) is 42.7 Å². The minimum absolute atomic E-state index is 0.0494. The molecule has 0 N–H and O–H groups in total. The number of carbonyl (C=O) groups is 1. The second-order valence-corrected chi connectivity index (χ2v) is 7.60. The zero-order valence-corrected chi connectivity index (χ0v) is 17.2. The number of hydrogen-bond acceptors (Lipinski definition) is 4. The predicted octanol–water partition coefficient (Wildman–Crippen LogP) is 3.99. The highest BCUT2D eigenvalue weighted by atomic mass is 35.5. The molecule has 6 heteroatoms. The minimum Gasteiger partial charge on any atom is -0.482 e. The quantitative estimate of drug-likeness (QED) is 0.669. The highest BCUT2D eigenvalue weighted by molar-refractivity contribution is 6.32. The van der Waals surface area contributed by atoms with E-state index in [0.717, 1.165) is 30.7 Å². The highest BCUT2D eigenvalue weighted by Gasteiger charge is 2.23. The fourth-order valence-corrected chi connectivity index (χ4v) is 3.39. The molecular weight excluding hydrogens is 376 g/mol. The Balaban J connectivity index is 1.66. The summed E-state index contributed by atoms with van der Waals surface area (Å²) in [7, 11) is 4.02. The molecule has 1 amide bonds. The Hall–Kier alpha value is -2.24. The van der Waals surface area contributed by atoms with E-state index in [1.165, 1.54) is 0 Å². The minimum atomic E-state index is -0.0768. The van der Waals surface area contributed by atoms with E-state index in [9.17, 15) is 4.79 Å². The Morgan fingerprint density at radius 3 is 2.57 bits per heavy atom. The molecule has 0 spiro atoms. The van der Waals surface area contributed by atoms with E-state index < -0.39 is 0 Å². The summed E-state index contributed by atoms with van der Waals surface area (Å²) >= 11 is 6.12. The summed E-state index contributed by atoms with van der Waals surface area (Å²) < 4.78 is 11.4. The van der Waals surface area contributed by atoms with Gasteiger partial charge in [-0.25, -0.2) is 0 Å². The van der Waals surface area contributed by atoms with Gasteiger partial charge in [-0.3, -0.25) is 4.79 Å². The van der Waals surface area contributed by atoms with E-state index in [0.29, 0.717) is 23.9 Å². The van der Waals surface area contributed by atoms with Crippen LogP contribution in [0, 0.1) is 0 Å². The van der Waals surface area contributed by atoms with Gasteiger partial charge in [0.25, 0.3) is 5.91 Å².